The number of allylic oxidation sites excluding steroid dienone is 7. The van der Waals surface area contributed by atoms with Gasteiger partial charge in [0.05, 0.1) is 0 Å². The molecule has 0 fully saturated rings. The minimum absolute atomic E-state index is 0.607. The van der Waals surface area contributed by atoms with E-state index in [9.17, 15) is 0 Å². The molecule has 0 saturated heterocycles. The molecule has 0 unspecified atom stereocenters. The highest BCUT2D eigenvalue weighted by atomic mass is 14.5. The molecule has 0 radical (unpaired) electrons. The number of rotatable bonds is 3. The first-order valence-electron chi connectivity index (χ1n) is 5.16. The quantitative estimate of drug-likeness (QED) is 0.679. The van der Waals surface area contributed by atoms with Crippen LogP contribution in [0.1, 0.15) is 20.3 Å². The third kappa shape index (κ3) is 3.35. The highest BCUT2D eigenvalue weighted by Gasteiger charge is 2.03. The van der Waals surface area contributed by atoms with Gasteiger partial charge in [-0.25, -0.2) is 0 Å². The van der Waals surface area contributed by atoms with Gasteiger partial charge in [-0.1, -0.05) is 43.4 Å². The fourth-order valence-corrected chi connectivity index (χ4v) is 1.41. The van der Waals surface area contributed by atoms with E-state index < -0.39 is 0 Å². The number of hydrogen-bond donors (Lipinski definition) is 1. The Balaban J connectivity index is 2.62. The monoisotopic (exact) mass is 189 g/mol. The molecule has 0 saturated carbocycles. The molecule has 0 amide bonds. The van der Waals surface area contributed by atoms with E-state index in [-0.39, 0.29) is 0 Å². The Morgan fingerprint density at radius 1 is 1.64 bits per heavy atom. The summed E-state index contributed by atoms with van der Waals surface area (Å²) in [6.45, 7) is 4.97. The zero-order valence-electron chi connectivity index (χ0n) is 9.03. The van der Waals surface area contributed by atoms with E-state index in [2.05, 4.69) is 38.2 Å². The molecule has 1 heteroatoms. The van der Waals surface area contributed by atoms with Gasteiger partial charge in [-0.3, -0.25) is 0 Å². The third-order valence-corrected chi connectivity index (χ3v) is 2.39. The Kier molecular flexibility index (Phi) is 4.41. The van der Waals surface area contributed by atoms with Crippen molar-refractivity contribution in [1.29, 1.82) is 0 Å². The Labute approximate surface area is 86.7 Å². The summed E-state index contributed by atoms with van der Waals surface area (Å²) in [4.78, 5) is 0. The molecule has 0 aromatic carbocycles. The predicted molar refractivity (Wildman–Crippen MR) is 63.0 cm³/mol. The second-order valence-corrected chi connectivity index (χ2v) is 3.75. The van der Waals surface area contributed by atoms with Gasteiger partial charge in [0, 0.05) is 6.54 Å². The third-order valence-electron chi connectivity index (χ3n) is 2.39. The molecule has 14 heavy (non-hydrogen) atoms. The summed E-state index contributed by atoms with van der Waals surface area (Å²) in [5, 5.41) is 0. The van der Waals surface area contributed by atoms with E-state index in [0.29, 0.717) is 12.5 Å². The molecule has 0 spiro atoms. The van der Waals surface area contributed by atoms with Crippen molar-refractivity contribution in [2.75, 3.05) is 6.54 Å². The van der Waals surface area contributed by atoms with Gasteiger partial charge >= 0.3 is 0 Å². The first-order valence-corrected chi connectivity index (χ1v) is 5.16. The molecule has 0 bridgehead atoms. The van der Waals surface area contributed by atoms with Crippen LogP contribution in [0.4, 0.5) is 0 Å². The van der Waals surface area contributed by atoms with Crippen LogP contribution < -0.4 is 5.73 Å². The SMILES string of the molecule is C/C(=C\C=C/CN)C1=CC[C@H](C)C=C1. The van der Waals surface area contributed by atoms with Crippen molar-refractivity contribution in [2.24, 2.45) is 11.7 Å². The average molecular weight is 189 g/mol. The molecule has 2 N–H and O–H groups in total. The molecule has 0 aromatic heterocycles. The highest BCUT2D eigenvalue weighted by Crippen LogP contribution is 2.20. The Morgan fingerprint density at radius 2 is 2.43 bits per heavy atom. The molecule has 1 aliphatic carbocycles. The van der Waals surface area contributed by atoms with Gasteiger partial charge < -0.3 is 5.73 Å². The van der Waals surface area contributed by atoms with Gasteiger partial charge in [0.25, 0.3) is 0 Å². The van der Waals surface area contributed by atoms with Crippen LogP contribution in [0.5, 0.6) is 0 Å². The standard InChI is InChI=1S/C13H19N/c1-11-6-8-13(9-7-11)12(2)5-3-4-10-14/h3-6,8-9,11H,7,10,14H2,1-2H3/b4-3-,12-5+/t11-/m1/s1. The van der Waals surface area contributed by atoms with Gasteiger partial charge in [0.2, 0.25) is 0 Å². The van der Waals surface area contributed by atoms with Crippen molar-refractivity contribution < 1.29 is 0 Å². The van der Waals surface area contributed by atoms with Crippen molar-refractivity contribution in [3.05, 3.63) is 47.6 Å². The minimum atomic E-state index is 0.607. The minimum Gasteiger partial charge on any atom is -0.327 e. The zero-order valence-corrected chi connectivity index (χ0v) is 9.03. The summed E-state index contributed by atoms with van der Waals surface area (Å²) in [5.74, 6) is 0.686. The van der Waals surface area contributed by atoms with Crippen molar-refractivity contribution in [3.8, 4) is 0 Å². The number of nitrogens with two attached hydrogens (primary N) is 1. The van der Waals surface area contributed by atoms with Crippen molar-refractivity contribution in [1.82, 2.24) is 0 Å². The summed E-state index contributed by atoms with van der Waals surface area (Å²) in [7, 11) is 0. The Bertz CT molecular complexity index is 292. The van der Waals surface area contributed by atoms with Gasteiger partial charge in [-0.2, -0.15) is 0 Å². The van der Waals surface area contributed by atoms with E-state index in [1.165, 1.54) is 11.1 Å². The first kappa shape index (κ1) is 11.0. The highest BCUT2D eigenvalue weighted by molar-refractivity contribution is 5.41. The molecule has 0 aromatic rings. The van der Waals surface area contributed by atoms with Crippen LogP contribution in [-0.4, -0.2) is 6.54 Å². The molecule has 1 nitrogen and oxygen atoms in total. The maximum atomic E-state index is 5.37. The summed E-state index contributed by atoms with van der Waals surface area (Å²) < 4.78 is 0. The smallest absolute Gasteiger partial charge is 0.0109 e. The summed E-state index contributed by atoms with van der Waals surface area (Å²) in [5.41, 5.74) is 8.01. The van der Waals surface area contributed by atoms with Crippen LogP contribution in [0.25, 0.3) is 0 Å². The topological polar surface area (TPSA) is 26.0 Å². The van der Waals surface area contributed by atoms with E-state index >= 15 is 0 Å². The lowest BCUT2D eigenvalue weighted by molar-refractivity contribution is 0.732. The van der Waals surface area contributed by atoms with Crippen LogP contribution in [0.15, 0.2) is 47.6 Å². The summed E-state index contributed by atoms with van der Waals surface area (Å²) >= 11 is 0. The lowest BCUT2D eigenvalue weighted by Crippen LogP contribution is -1.95. The van der Waals surface area contributed by atoms with E-state index in [1.54, 1.807) is 0 Å². The maximum Gasteiger partial charge on any atom is 0.0109 e. The number of hydrogen-bond acceptors (Lipinski definition) is 1. The summed E-state index contributed by atoms with van der Waals surface area (Å²) in [6.07, 6.45) is 14.0. The molecule has 0 aliphatic heterocycles. The molecule has 1 atom stereocenters. The second-order valence-electron chi connectivity index (χ2n) is 3.75. The van der Waals surface area contributed by atoms with Gasteiger partial charge in [0.15, 0.2) is 0 Å². The van der Waals surface area contributed by atoms with Crippen LogP contribution in [-0.2, 0) is 0 Å². The first-order chi connectivity index (χ1) is 6.74. The lowest BCUT2D eigenvalue weighted by Gasteiger charge is -2.11. The second kappa shape index (κ2) is 5.61. The van der Waals surface area contributed by atoms with Gasteiger partial charge in [-0.15, -0.1) is 0 Å². The van der Waals surface area contributed by atoms with Crippen molar-refractivity contribution >= 4 is 0 Å². The average Bonchev–Trinajstić information content (AvgIpc) is 2.19. The van der Waals surface area contributed by atoms with Crippen LogP contribution >= 0.6 is 0 Å². The maximum absolute atomic E-state index is 5.37. The van der Waals surface area contributed by atoms with Gasteiger partial charge in [-0.05, 0) is 30.4 Å². The molecule has 76 valence electrons. The predicted octanol–water partition coefficient (Wildman–Crippen LogP) is 2.97. The van der Waals surface area contributed by atoms with E-state index in [4.69, 9.17) is 5.73 Å². The van der Waals surface area contributed by atoms with Crippen molar-refractivity contribution in [2.45, 2.75) is 20.3 Å². The Hall–Kier alpha value is -1.08. The zero-order chi connectivity index (χ0) is 10.4. The van der Waals surface area contributed by atoms with E-state index in [1.807, 2.05) is 12.2 Å². The van der Waals surface area contributed by atoms with Gasteiger partial charge in [0.1, 0.15) is 0 Å². The molecular weight excluding hydrogens is 170 g/mol. The van der Waals surface area contributed by atoms with Crippen LogP contribution in [0.2, 0.25) is 0 Å². The molecule has 1 aliphatic rings. The molecule has 0 heterocycles. The van der Waals surface area contributed by atoms with E-state index in [0.717, 1.165) is 6.42 Å². The van der Waals surface area contributed by atoms with Crippen LogP contribution in [0, 0.1) is 5.92 Å². The fraction of sp³-hybridized carbons (Fsp3) is 0.385. The molecule has 1 rings (SSSR count). The lowest BCUT2D eigenvalue weighted by atomic mass is 9.95. The van der Waals surface area contributed by atoms with Crippen LogP contribution in [0.3, 0.4) is 0 Å². The largest absolute Gasteiger partial charge is 0.327 e. The Morgan fingerprint density at radius 3 is 3.00 bits per heavy atom. The normalized spacial score (nSPS) is 22.9. The fourth-order valence-electron chi connectivity index (χ4n) is 1.41. The molecular formula is C13H19N. The summed E-state index contributed by atoms with van der Waals surface area (Å²) in [6, 6.07) is 0. The van der Waals surface area contributed by atoms with Crippen molar-refractivity contribution in [3.63, 3.8) is 0 Å².